The molecule has 0 saturated heterocycles. The smallest absolute Gasteiger partial charge is 0.275 e. The lowest BCUT2D eigenvalue weighted by Gasteiger charge is -2.02. The molecular formula is C8H7ClF3NOS. The van der Waals surface area contributed by atoms with Gasteiger partial charge in [-0.15, -0.1) is 11.3 Å². The third kappa shape index (κ3) is 2.92. The molecule has 84 valence electrons. The van der Waals surface area contributed by atoms with E-state index in [0.29, 0.717) is 24.2 Å². The minimum Gasteiger partial charge on any atom is -0.275 e. The molecule has 7 heteroatoms. The van der Waals surface area contributed by atoms with Gasteiger partial charge in [0.2, 0.25) is 0 Å². The average Bonchev–Trinajstić information content (AvgIpc) is 2.48. The maximum atomic E-state index is 12.4. The van der Waals surface area contributed by atoms with Gasteiger partial charge in [0, 0.05) is 0 Å². The second kappa shape index (κ2) is 4.49. The fourth-order valence-electron chi connectivity index (χ4n) is 1.01. The molecular weight excluding hydrogens is 251 g/mol. The van der Waals surface area contributed by atoms with Crippen LogP contribution in [0.3, 0.4) is 0 Å². The zero-order valence-electron chi connectivity index (χ0n) is 7.69. The third-order valence-electron chi connectivity index (χ3n) is 1.58. The van der Waals surface area contributed by atoms with Crippen LogP contribution in [0, 0.1) is 0 Å². The highest BCUT2D eigenvalue weighted by Gasteiger charge is 2.39. The topological polar surface area (TPSA) is 30.0 Å². The number of alkyl halides is 3. The first kappa shape index (κ1) is 12.4. The van der Waals surface area contributed by atoms with Gasteiger partial charge in [0.25, 0.3) is 5.24 Å². The number of aryl methyl sites for hydroxylation is 1. The molecule has 15 heavy (non-hydrogen) atoms. The van der Waals surface area contributed by atoms with Crippen LogP contribution in [0.1, 0.15) is 33.7 Å². The maximum absolute atomic E-state index is 12.4. The van der Waals surface area contributed by atoms with Crippen molar-refractivity contribution in [2.24, 2.45) is 0 Å². The van der Waals surface area contributed by atoms with Crippen LogP contribution in [-0.2, 0) is 12.6 Å². The summed E-state index contributed by atoms with van der Waals surface area (Å²) in [7, 11) is 0. The number of rotatable bonds is 3. The lowest BCUT2D eigenvalue weighted by atomic mass is 10.3. The largest absolute Gasteiger partial charge is 0.434 e. The average molecular weight is 258 g/mol. The Morgan fingerprint density at radius 1 is 1.53 bits per heavy atom. The molecule has 0 aromatic carbocycles. The molecule has 0 atom stereocenters. The van der Waals surface area contributed by atoms with Gasteiger partial charge in [-0.3, -0.25) is 4.79 Å². The van der Waals surface area contributed by atoms with Gasteiger partial charge in [-0.1, -0.05) is 6.92 Å². The monoisotopic (exact) mass is 257 g/mol. The van der Waals surface area contributed by atoms with E-state index in [2.05, 4.69) is 4.98 Å². The summed E-state index contributed by atoms with van der Waals surface area (Å²) < 4.78 is 37.2. The van der Waals surface area contributed by atoms with Crippen molar-refractivity contribution >= 4 is 28.2 Å². The van der Waals surface area contributed by atoms with Gasteiger partial charge in [-0.2, -0.15) is 13.2 Å². The fraction of sp³-hybridized carbons (Fsp3) is 0.500. The van der Waals surface area contributed by atoms with E-state index in [4.69, 9.17) is 11.6 Å². The zero-order chi connectivity index (χ0) is 11.6. The van der Waals surface area contributed by atoms with Gasteiger partial charge in [0.05, 0.1) is 5.01 Å². The Kier molecular flexibility index (Phi) is 3.72. The number of hydrogen-bond acceptors (Lipinski definition) is 3. The van der Waals surface area contributed by atoms with Crippen molar-refractivity contribution in [2.45, 2.75) is 25.9 Å². The number of carbonyl (C=O) groups is 1. The SMILES string of the molecule is CCCc1nc(C(F)(F)F)c(C(=O)Cl)s1. The predicted octanol–water partition coefficient (Wildman–Crippen LogP) is 3.49. The van der Waals surface area contributed by atoms with E-state index in [-0.39, 0.29) is 5.01 Å². The Balaban J connectivity index is 3.18. The second-order valence-corrected chi connectivity index (χ2v) is 4.23. The second-order valence-electron chi connectivity index (χ2n) is 2.81. The Morgan fingerprint density at radius 3 is 2.47 bits per heavy atom. The summed E-state index contributed by atoms with van der Waals surface area (Å²) >= 11 is 5.77. The molecule has 0 saturated carbocycles. The molecule has 1 aromatic rings. The number of carbonyl (C=O) groups excluding carboxylic acids is 1. The molecule has 0 amide bonds. The van der Waals surface area contributed by atoms with Crippen molar-refractivity contribution in [3.8, 4) is 0 Å². The number of hydrogen-bond donors (Lipinski definition) is 0. The first-order valence-corrected chi connectivity index (χ1v) is 5.32. The molecule has 2 nitrogen and oxygen atoms in total. The Labute approximate surface area is 93.1 Å². The highest BCUT2D eigenvalue weighted by Crippen LogP contribution is 2.35. The van der Waals surface area contributed by atoms with Crippen LogP contribution in [-0.4, -0.2) is 10.2 Å². The van der Waals surface area contributed by atoms with Gasteiger partial charge in [-0.25, -0.2) is 4.98 Å². The standard InChI is InChI=1S/C8H7ClF3NOS/c1-2-3-4-13-6(8(10,11)12)5(15-4)7(9)14/h2-3H2,1H3. The normalized spacial score (nSPS) is 11.8. The van der Waals surface area contributed by atoms with Crippen LogP contribution in [0.25, 0.3) is 0 Å². The fourth-order valence-corrected chi connectivity index (χ4v) is 2.23. The molecule has 0 N–H and O–H groups in total. The molecule has 1 aromatic heterocycles. The van der Waals surface area contributed by atoms with Gasteiger partial charge >= 0.3 is 6.18 Å². The van der Waals surface area contributed by atoms with E-state index in [1.54, 1.807) is 0 Å². The van der Waals surface area contributed by atoms with Crippen LogP contribution < -0.4 is 0 Å². The summed E-state index contributed by atoms with van der Waals surface area (Å²) in [4.78, 5) is 13.6. The number of thiazole rings is 1. The molecule has 1 rings (SSSR count). The Morgan fingerprint density at radius 2 is 2.13 bits per heavy atom. The van der Waals surface area contributed by atoms with E-state index in [1.165, 1.54) is 0 Å². The van der Waals surface area contributed by atoms with E-state index in [0.717, 1.165) is 0 Å². The van der Waals surface area contributed by atoms with E-state index >= 15 is 0 Å². The Bertz CT molecular complexity index is 374. The first-order valence-electron chi connectivity index (χ1n) is 4.13. The van der Waals surface area contributed by atoms with E-state index < -0.39 is 22.0 Å². The molecule has 0 unspecified atom stereocenters. The quantitative estimate of drug-likeness (QED) is 0.776. The van der Waals surface area contributed by atoms with Gasteiger partial charge in [0.15, 0.2) is 5.69 Å². The molecule has 0 spiro atoms. The summed E-state index contributed by atoms with van der Waals surface area (Å²) in [5.41, 5.74) is -1.17. The Hall–Kier alpha value is -0.620. The molecule has 0 fully saturated rings. The summed E-state index contributed by atoms with van der Waals surface area (Å²) in [6, 6.07) is 0. The van der Waals surface area contributed by atoms with Crippen LogP contribution in [0.15, 0.2) is 0 Å². The van der Waals surface area contributed by atoms with Crippen LogP contribution in [0.5, 0.6) is 0 Å². The number of halogens is 4. The summed E-state index contributed by atoms with van der Waals surface area (Å²) in [5, 5.41) is -0.823. The summed E-state index contributed by atoms with van der Waals surface area (Å²) in [5.74, 6) is 0. The van der Waals surface area contributed by atoms with Crippen LogP contribution in [0.2, 0.25) is 0 Å². The zero-order valence-corrected chi connectivity index (χ0v) is 9.26. The van der Waals surface area contributed by atoms with Crippen LogP contribution in [0.4, 0.5) is 13.2 Å². The van der Waals surface area contributed by atoms with Crippen molar-refractivity contribution in [2.75, 3.05) is 0 Å². The van der Waals surface area contributed by atoms with Crippen molar-refractivity contribution in [1.82, 2.24) is 4.98 Å². The van der Waals surface area contributed by atoms with E-state index in [9.17, 15) is 18.0 Å². The maximum Gasteiger partial charge on any atom is 0.434 e. The third-order valence-corrected chi connectivity index (χ3v) is 3.00. The van der Waals surface area contributed by atoms with Crippen molar-refractivity contribution < 1.29 is 18.0 Å². The van der Waals surface area contributed by atoms with E-state index in [1.807, 2.05) is 6.92 Å². The predicted molar refractivity (Wildman–Crippen MR) is 51.3 cm³/mol. The highest BCUT2D eigenvalue weighted by atomic mass is 35.5. The van der Waals surface area contributed by atoms with Crippen molar-refractivity contribution in [3.63, 3.8) is 0 Å². The van der Waals surface area contributed by atoms with Crippen molar-refractivity contribution in [3.05, 3.63) is 15.6 Å². The van der Waals surface area contributed by atoms with Crippen LogP contribution >= 0.6 is 22.9 Å². The molecule has 1 heterocycles. The molecule has 0 aliphatic carbocycles. The first-order chi connectivity index (χ1) is 6.86. The minimum atomic E-state index is -4.62. The molecule has 0 aliphatic heterocycles. The lowest BCUT2D eigenvalue weighted by Crippen LogP contribution is -2.09. The van der Waals surface area contributed by atoms with Crippen molar-refractivity contribution in [1.29, 1.82) is 0 Å². The molecule has 0 bridgehead atoms. The molecule has 0 radical (unpaired) electrons. The lowest BCUT2D eigenvalue weighted by molar-refractivity contribution is -0.141. The van der Waals surface area contributed by atoms with Gasteiger partial charge in [-0.05, 0) is 24.4 Å². The summed E-state index contributed by atoms with van der Waals surface area (Å²) in [6.45, 7) is 1.82. The summed E-state index contributed by atoms with van der Waals surface area (Å²) in [6.07, 6.45) is -3.54. The highest BCUT2D eigenvalue weighted by molar-refractivity contribution is 7.15. The molecule has 0 aliphatic rings. The minimum absolute atomic E-state index is 0.286. The van der Waals surface area contributed by atoms with Gasteiger partial charge < -0.3 is 0 Å². The number of nitrogens with zero attached hydrogens (tertiary/aromatic N) is 1. The van der Waals surface area contributed by atoms with Gasteiger partial charge in [0.1, 0.15) is 4.88 Å². The number of aromatic nitrogens is 1.